The highest BCUT2D eigenvalue weighted by Gasteiger charge is 2.16. The first-order valence-electron chi connectivity index (χ1n) is 8.86. The molecular weight excluding hydrogens is 288 g/mol. The van der Waals surface area contributed by atoms with Crippen molar-refractivity contribution < 1.29 is 9.53 Å². The van der Waals surface area contributed by atoms with Crippen LogP contribution in [0.15, 0.2) is 24.3 Å². The van der Waals surface area contributed by atoms with Crippen molar-refractivity contribution in [2.45, 2.75) is 46.1 Å². The fourth-order valence-electron chi connectivity index (χ4n) is 3.08. The summed E-state index contributed by atoms with van der Waals surface area (Å²) in [5.41, 5.74) is 2.19. The molecule has 1 aromatic rings. The zero-order valence-corrected chi connectivity index (χ0v) is 14.5. The maximum atomic E-state index is 11.8. The SMILES string of the molecule is CCOCCCC(=O)Nc1ccc(CN2CCC[C@@H](C)C2)cc1. The lowest BCUT2D eigenvalue weighted by molar-refractivity contribution is -0.116. The molecule has 0 unspecified atom stereocenters. The van der Waals surface area contributed by atoms with Crippen molar-refractivity contribution in [3.63, 3.8) is 0 Å². The van der Waals surface area contributed by atoms with Crippen molar-refractivity contribution in [2.24, 2.45) is 5.92 Å². The highest BCUT2D eigenvalue weighted by molar-refractivity contribution is 5.90. The largest absolute Gasteiger partial charge is 0.382 e. The Morgan fingerprint density at radius 3 is 2.83 bits per heavy atom. The maximum absolute atomic E-state index is 11.8. The van der Waals surface area contributed by atoms with Gasteiger partial charge in [-0.25, -0.2) is 0 Å². The Morgan fingerprint density at radius 1 is 1.35 bits per heavy atom. The van der Waals surface area contributed by atoms with Crippen LogP contribution < -0.4 is 5.32 Å². The van der Waals surface area contributed by atoms with E-state index in [1.54, 1.807) is 0 Å². The molecule has 0 saturated carbocycles. The summed E-state index contributed by atoms with van der Waals surface area (Å²) in [5.74, 6) is 0.862. The standard InChI is InChI=1S/C19H30N2O2/c1-3-23-13-5-7-19(22)20-18-10-8-17(9-11-18)15-21-12-4-6-16(2)14-21/h8-11,16H,3-7,12-15H2,1-2H3,(H,20,22)/t16-/m1/s1. The first-order valence-corrected chi connectivity index (χ1v) is 8.86. The van der Waals surface area contributed by atoms with Crippen LogP contribution in [0.2, 0.25) is 0 Å². The summed E-state index contributed by atoms with van der Waals surface area (Å²) in [6.07, 6.45) is 3.93. The van der Waals surface area contributed by atoms with Gasteiger partial charge in [0.15, 0.2) is 0 Å². The van der Waals surface area contributed by atoms with E-state index in [1.807, 2.05) is 19.1 Å². The second-order valence-electron chi connectivity index (χ2n) is 6.53. The number of anilines is 1. The van der Waals surface area contributed by atoms with Crippen LogP contribution in [0.1, 0.15) is 45.1 Å². The molecule has 1 aromatic carbocycles. The fraction of sp³-hybridized carbons (Fsp3) is 0.632. The van der Waals surface area contributed by atoms with E-state index < -0.39 is 0 Å². The van der Waals surface area contributed by atoms with Gasteiger partial charge in [0.2, 0.25) is 5.91 Å². The van der Waals surface area contributed by atoms with E-state index in [-0.39, 0.29) is 5.91 Å². The molecular formula is C19H30N2O2. The molecule has 23 heavy (non-hydrogen) atoms. The van der Waals surface area contributed by atoms with Gasteiger partial charge in [0.25, 0.3) is 0 Å². The molecule has 4 nitrogen and oxygen atoms in total. The third-order valence-corrected chi connectivity index (χ3v) is 4.28. The van der Waals surface area contributed by atoms with Crippen molar-refractivity contribution in [3.05, 3.63) is 29.8 Å². The molecule has 1 N–H and O–H groups in total. The molecule has 128 valence electrons. The van der Waals surface area contributed by atoms with Crippen molar-refractivity contribution >= 4 is 11.6 Å². The predicted octanol–water partition coefficient (Wildman–Crippen LogP) is 3.67. The third-order valence-electron chi connectivity index (χ3n) is 4.28. The molecule has 1 heterocycles. The quantitative estimate of drug-likeness (QED) is 0.744. The number of rotatable bonds is 8. The summed E-state index contributed by atoms with van der Waals surface area (Å²) < 4.78 is 5.24. The van der Waals surface area contributed by atoms with Gasteiger partial charge in [0, 0.05) is 38.4 Å². The lowest BCUT2D eigenvalue weighted by Gasteiger charge is -2.30. The summed E-state index contributed by atoms with van der Waals surface area (Å²) in [6, 6.07) is 8.25. The summed E-state index contributed by atoms with van der Waals surface area (Å²) in [5, 5.41) is 2.95. The molecule has 1 fully saturated rings. The van der Waals surface area contributed by atoms with Gasteiger partial charge in [-0.3, -0.25) is 9.69 Å². The minimum absolute atomic E-state index is 0.0577. The number of piperidine rings is 1. The molecule has 1 amide bonds. The van der Waals surface area contributed by atoms with Gasteiger partial charge < -0.3 is 10.1 Å². The number of carbonyl (C=O) groups excluding carboxylic acids is 1. The third kappa shape index (κ3) is 6.71. The molecule has 0 aromatic heterocycles. The predicted molar refractivity (Wildman–Crippen MR) is 94.5 cm³/mol. The Kier molecular flexibility index (Phi) is 7.56. The van der Waals surface area contributed by atoms with Crippen LogP contribution in [0, 0.1) is 5.92 Å². The van der Waals surface area contributed by atoms with E-state index in [0.29, 0.717) is 19.6 Å². The molecule has 1 atom stereocenters. The average Bonchev–Trinajstić information content (AvgIpc) is 2.54. The number of amides is 1. The van der Waals surface area contributed by atoms with Crippen LogP contribution >= 0.6 is 0 Å². The van der Waals surface area contributed by atoms with E-state index in [4.69, 9.17) is 4.74 Å². The number of hydrogen-bond acceptors (Lipinski definition) is 3. The Hall–Kier alpha value is -1.39. The summed E-state index contributed by atoms with van der Waals surface area (Å²) >= 11 is 0. The van der Waals surface area contributed by atoms with Crippen LogP contribution in [-0.4, -0.2) is 37.1 Å². The second kappa shape index (κ2) is 9.68. The lowest BCUT2D eigenvalue weighted by atomic mass is 10.00. The van der Waals surface area contributed by atoms with Crippen molar-refractivity contribution in [1.82, 2.24) is 4.90 Å². The number of likely N-dealkylation sites (tertiary alicyclic amines) is 1. The monoisotopic (exact) mass is 318 g/mol. The van der Waals surface area contributed by atoms with Crippen LogP contribution in [0.25, 0.3) is 0 Å². The van der Waals surface area contributed by atoms with Crippen LogP contribution in [-0.2, 0) is 16.1 Å². The molecule has 0 spiro atoms. The van der Waals surface area contributed by atoms with Gasteiger partial charge in [-0.1, -0.05) is 19.1 Å². The molecule has 0 aliphatic carbocycles. The number of carbonyl (C=O) groups is 1. The zero-order valence-electron chi connectivity index (χ0n) is 14.5. The van der Waals surface area contributed by atoms with E-state index in [9.17, 15) is 4.79 Å². The minimum Gasteiger partial charge on any atom is -0.382 e. The summed E-state index contributed by atoms with van der Waals surface area (Å²) in [6.45, 7) is 9.05. The fourth-order valence-corrected chi connectivity index (χ4v) is 3.08. The smallest absolute Gasteiger partial charge is 0.224 e. The molecule has 4 heteroatoms. The van der Waals surface area contributed by atoms with Crippen LogP contribution in [0.5, 0.6) is 0 Å². The average molecular weight is 318 g/mol. The first kappa shape index (κ1) is 18.0. The molecule has 1 aliphatic rings. The second-order valence-corrected chi connectivity index (χ2v) is 6.53. The van der Waals surface area contributed by atoms with E-state index in [1.165, 1.54) is 31.5 Å². The molecule has 1 aliphatic heterocycles. The van der Waals surface area contributed by atoms with Crippen LogP contribution in [0.4, 0.5) is 5.69 Å². The van der Waals surface area contributed by atoms with Gasteiger partial charge in [-0.15, -0.1) is 0 Å². The van der Waals surface area contributed by atoms with Crippen LogP contribution in [0.3, 0.4) is 0 Å². The highest BCUT2D eigenvalue weighted by atomic mass is 16.5. The van der Waals surface area contributed by atoms with Gasteiger partial charge >= 0.3 is 0 Å². The van der Waals surface area contributed by atoms with Crippen molar-refractivity contribution in [2.75, 3.05) is 31.6 Å². The molecule has 2 rings (SSSR count). The Balaban J connectivity index is 1.74. The number of hydrogen-bond donors (Lipinski definition) is 1. The molecule has 0 bridgehead atoms. The molecule has 1 saturated heterocycles. The number of nitrogens with zero attached hydrogens (tertiary/aromatic N) is 1. The minimum atomic E-state index is 0.0577. The van der Waals surface area contributed by atoms with E-state index in [2.05, 4.69) is 29.3 Å². The van der Waals surface area contributed by atoms with Gasteiger partial charge in [-0.05, 0) is 56.3 Å². The number of benzene rings is 1. The van der Waals surface area contributed by atoms with Gasteiger partial charge in [0.1, 0.15) is 0 Å². The summed E-state index contributed by atoms with van der Waals surface area (Å²) in [4.78, 5) is 14.4. The number of ether oxygens (including phenoxy) is 1. The highest BCUT2D eigenvalue weighted by Crippen LogP contribution is 2.18. The van der Waals surface area contributed by atoms with Crippen molar-refractivity contribution in [3.8, 4) is 0 Å². The first-order chi connectivity index (χ1) is 11.2. The zero-order chi connectivity index (χ0) is 16.5. The van der Waals surface area contributed by atoms with Gasteiger partial charge in [0.05, 0.1) is 0 Å². The Labute approximate surface area is 140 Å². The van der Waals surface area contributed by atoms with E-state index in [0.717, 1.165) is 24.6 Å². The Bertz CT molecular complexity index is 473. The lowest BCUT2D eigenvalue weighted by Crippen LogP contribution is -2.33. The Morgan fingerprint density at radius 2 is 2.13 bits per heavy atom. The topological polar surface area (TPSA) is 41.6 Å². The van der Waals surface area contributed by atoms with Crippen molar-refractivity contribution in [1.29, 1.82) is 0 Å². The molecule has 0 radical (unpaired) electrons. The number of nitrogens with one attached hydrogen (secondary N) is 1. The summed E-state index contributed by atoms with van der Waals surface area (Å²) in [7, 11) is 0. The van der Waals surface area contributed by atoms with Gasteiger partial charge in [-0.2, -0.15) is 0 Å². The van der Waals surface area contributed by atoms with E-state index >= 15 is 0 Å². The normalized spacial score (nSPS) is 18.8. The maximum Gasteiger partial charge on any atom is 0.224 e.